The van der Waals surface area contributed by atoms with Gasteiger partial charge in [-0.05, 0) is 125 Å². The van der Waals surface area contributed by atoms with Crippen LogP contribution in [0.25, 0.3) is 6.08 Å². The summed E-state index contributed by atoms with van der Waals surface area (Å²) in [6.07, 6.45) is 1.73. The number of rotatable bonds is 10. The molecule has 242 valence electrons. The van der Waals surface area contributed by atoms with Crippen molar-refractivity contribution in [3.8, 4) is 23.3 Å². The summed E-state index contributed by atoms with van der Waals surface area (Å²) in [5, 5.41) is 9.04. The molecule has 1 aliphatic heterocycles. The number of aromatic nitrogens is 1. The molecule has 0 bridgehead atoms. The molecule has 5 rings (SSSR count). The Balaban J connectivity index is 1.56. The Bertz CT molecular complexity index is 2070. The molecule has 1 aromatic heterocycles. The standard InChI is InChI=1S/C35H31BrIN3O6S/c1-6-44-34(42)30-20(4)39-35-40(31(30)24-11-12-27(46-19(2)3)28(16-24)43-5)33(41)29(47-35)15-23-13-25(36)32(26(37)14-23)45-18-22-9-7-21(17-38)8-10-22/h7-16,19,31H,6,18H2,1-5H3/b29-15+/t31-/m0/s1. The van der Waals surface area contributed by atoms with Crippen molar-refractivity contribution >= 4 is 61.9 Å². The maximum Gasteiger partial charge on any atom is 0.338 e. The number of methoxy groups -OCH3 is 1. The second kappa shape index (κ2) is 14.9. The Kier molecular flexibility index (Phi) is 10.9. The topological polar surface area (TPSA) is 112 Å². The molecule has 1 atom stereocenters. The van der Waals surface area contributed by atoms with E-state index in [2.05, 4.69) is 49.6 Å². The van der Waals surface area contributed by atoms with Crippen molar-refractivity contribution in [1.82, 2.24) is 4.57 Å². The third-order valence-corrected chi connectivity index (χ3v) is 9.54. The van der Waals surface area contributed by atoms with Gasteiger partial charge in [0.2, 0.25) is 0 Å². The summed E-state index contributed by atoms with van der Waals surface area (Å²) in [5.41, 5.74) is 3.43. The molecule has 0 aliphatic carbocycles. The molecular weight excluding hydrogens is 797 g/mol. The van der Waals surface area contributed by atoms with Gasteiger partial charge in [0.1, 0.15) is 12.4 Å². The molecule has 0 amide bonds. The van der Waals surface area contributed by atoms with Crippen LogP contribution in [0.3, 0.4) is 0 Å². The number of nitrogens with zero attached hydrogens (tertiary/aromatic N) is 3. The SMILES string of the molecule is CCOC(=O)C1=C(C)N=c2s/c(=C/c3cc(Br)c(OCc4ccc(C#N)cc4)c(I)c3)c(=O)n2[C@H]1c1ccc(OC(C)C)c(OC)c1. The average Bonchev–Trinajstić information content (AvgIpc) is 3.33. The van der Waals surface area contributed by atoms with E-state index >= 15 is 0 Å². The summed E-state index contributed by atoms with van der Waals surface area (Å²) >= 11 is 7.09. The number of fused-ring (bicyclic) bond motifs is 1. The second-order valence-corrected chi connectivity index (χ2v) is 13.8. The number of carbonyl (C=O) groups is 1. The minimum absolute atomic E-state index is 0.0732. The van der Waals surface area contributed by atoms with Crippen LogP contribution in [0.1, 0.15) is 56.0 Å². The number of allylic oxidation sites excluding steroid dienone is 1. The van der Waals surface area contributed by atoms with Gasteiger partial charge >= 0.3 is 5.97 Å². The van der Waals surface area contributed by atoms with Crippen molar-refractivity contribution in [2.45, 2.75) is 46.4 Å². The summed E-state index contributed by atoms with van der Waals surface area (Å²) < 4.78 is 26.6. The fourth-order valence-corrected chi connectivity index (χ4v) is 7.91. The predicted octanol–water partition coefficient (Wildman–Crippen LogP) is 6.41. The lowest BCUT2D eigenvalue weighted by atomic mass is 9.95. The maximum atomic E-state index is 14.1. The zero-order valence-electron chi connectivity index (χ0n) is 26.3. The second-order valence-electron chi connectivity index (χ2n) is 10.8. The Morgan fingerprint density at radius 1 is 1.17 bits per heavy atom. The molecule has 0 N–H and O–H groups in total. The molecule has 2 heterocycles. The number of hydrogen-bond donors (Lipinski definition) is 0. The van der Waals surface area contributed by atoms with E-state index in [0.29, 0.717) is 50.0 Å². The van der Waals surface area contributed by atoms with Crippen LogP contribution in [0.5, 0.6) is 17.2 Å². The Labute approximate surface area is 298 Å². The number of hydrogen-bond acceptors (Lipinski definition) is 9. The van der Waals surface area contributed by atoms with E-state index in [4.69, 9.17) is 24.2 Å². The molecule has 4 aromatic rings. The van der Waals surface area contributed by atoms with E-state index < -0.39 is 12.0 Å². The highest BCUT2D eigenvalue weighted by molar-refractivity contribution is 14.1. The van der Waals surface area contributed by atoms with Gasteiger partial charge in [-0.3, -0.25) is 9.36 Å². The first-order valence-electron chi connectivity index (χ1n) is 14.7. The van der Waals surface area contributed by atoms with E-state index in [1.54, 1.807) is 49.8 Å². The summed E-state index contributed by atoms with van der Waals surface area (Å²) in [6, 6.07) is 17.8. The molecule has 3 aromatic carbocycles. The van der Waals surface area contributed by atoms with Crippen LogP contribution < -0.4 is 29.1 Å². The van der Waals surface area contributed by atoms with E-state index in [1.807, 2.05) is 50.3 Å². The molecule has 47 heavy (non-hydrogen) atoms. The average molecular weight is 829 g/mol. The highest BCUT2D eigenvalue weighted by atomic mass is 127. The van der Waals surface area contributed by atoms with Crippen molar-refractivity contribution in [1.29, 1.82) is 5.26 Å². The minimum atomic E-state index is -0.792. The number of nitriles is 1. The summed E-state index contributed by atoms with van der Waals surface area (Å²) in [4.78, 5) is 32.6. The Morgan fingerprint density at radius 3 is 2.55 bits per heavy atom. The monoisotopic (exact) mass is 827 g/mol. The third kappa shape index (κ3) is 7.47. The predicted molar refractivity (Wildman–Crippen MR) is 192 cm³/mol. The number of benzene rings is 3. The summed E-state index contributed by atoms with van der Waals surface area (Å²) in [6.45, 7) is 7.84. The lowest BCUT2D eigenvalue weighted by molar-refractivity contribution is -0.139. The molecule has 0 saturated carbocycles. The van der Waals surface area contributed by atoms with Crippen LogP contribution in [-0.2, 0) is 16.1 Å². The van der Waals surface area contributed by atoms with Gasteiger partial charge in [0.15, 0.2) is 16.3 Å². The van der Waals surface area contributed by atoms with E-state index in [9.17, 15) is 9.59 Å². The molecule has 9 nitrogen and oxygen atoms in total. The molecule has 0 spiro atoms. The van der Waals surface area contributed by atoms with Gasteiger partial charge in [-0.1, -0.05) is 29.5 Å². The molecule has 1 aliphatic rings. The van der Waals surface area contributed by atoms with Crippen LogP contribution in [0.15, 0.2) is 80.1 Å². The lowest BCUT2D eigenvalue weighted by Crippen LogP contribution is -2.40. The maximum absolute atomic E-state index is 14.1. The van der Waals surface area contributed by atoms with Crippen LogP contribution in [0.2, 0.25) is 0 Å². The van der Waals surface area contributed by atoms with Crippen molar-refractivity contribution in [3.63, 3.8) is 0 Å². The zero-order valence-corrected chi connectivity index (χ0v) is 30.9. The van der Waals surface area contributed by atoms with Crippen LogP contribution >= 0.6 is 49.9 Å². The van der Waals surface area contributed by atoms with Gasteiger partial charge in [0.25, 0.3) is 5.56 Å². The van der Waals surface area contributed by atoms with E-state index in [1.165, 1.54) is 11.3 Å². The number of halogens is 2. The first kappa shape index (κ1) is 34.4. The molecule has 0 radical (unpaired) electrons. The van der Waals surface area contributed by atoms with Crippen molar-refractivity contribution in [3.05, 3.63) is 116 Å². The van der Waals surface area contributed by atoms with Gasteiger partial charge < -0.3 is 18.9 Å². The molecule has 0 saturated heterocycles. The van der Waals surface area contributed by atoms with Gasteiger partial charge in [0, 0.05) is 0 Å². The lowest BCUT2D eigenvalue weighted by Gasteiger charge is -2.25. The minimum Gasteiger partial charge on any atom is -0.493 e. The molecule has 12 heteroatoms. The highest BCUT2D eigenvalue weighted by Gasteiger charge is 2.34. The quantitative estimate of drug-likeness (QED) is 0.134. The summed E-state index contributed by atoms with van der Waals surface area (Å²) in [7, 11) is 1.55. The first-order valence-corrected chi connectivity index (χ1v) is 17.4. The van der Waals surface area contributed by atoms with Gasteiger partial charge in [0.05, 0.1) is 61.3 Å². The number of esters is 1. The van der Waals surface area contributed by atoms with Gasteiger partial charge in [-0.2, -0.15) is 5.26 Å². The number of thiazole rings is 1. The fraction of sp³-hybridized carbons (Fsp3) is 0.257. The molecule has 0 fully saturated rings. The van der Waals surface area contributed by atoms with Gasteiger partial charge in [-0.25, -0.2) is 9.79 Å². The van der Waals surface area contributed by atoms with Crippen LogP contribution in [-0.4, -0.2) is 30.4 Å². The molecular formula is C35H31BrIN3O6S. The fourth-order valence-electron chi connectivity index (χ4n) is 5.10. The van der Waals surface area contributed by atoms with E-state index in [0.717, 1.165) is 19.2 Å². The smallest absolute Gasteiger partial charge is 0.338 e. The van der Waals surface area contributed by atoms with E-state index in [-0.39, 0.29) is 23.8 Å². The number of ether oxygens (including phenoxy) is 4. The highest BCUT2D eigenvalue weighted by Crippen LogP contribution is 2.37. The van der Waals surface area contributed by atoms with Crippen LogP contribution in [0, 0.1) is 14.9 Å². The molecule has 0 unspecified atom stereocenters. The summed E-state index contributed by atoms with van der Waals surface area (Å²) in [5.74, 6) is 1.17. The largest absolute Gasteiger partial charge is 0.493 e. The zero-order chi connectivity index (χ0) is 33.8. The third-order valence-electron chi connectivity index (χ3n) is 7.17. The van der Waals surface area contributed by atoms with Crippen LogP contribution in [0.4, 0.5) is 0 Å². The normalized spacial score (nSPS) is 14.4. The Hall–Kier alpha value is -3.93. The van der Waals surface area contributed by atoms with Crippen molar-refractivity contribution < 1.29 is 23.7 Å². The Morgan fingerprint density at radius 2 is 1.91 bits per heavy atom. The first-order chi connectivity index (χ1) is 22.5. The van der Waals surface area contributed by atoms with Gasteiger partial charge in [-0.15, -0.1) is 0 Å². The number of carbonyl (C=O) groups excluding carboxylic acids is 1. The van der Waals surface area contributed by atoms with Crippen molar-refractivity contribution in [2.24, 2.45) is 4.99 Å². The van der Waals surface area contributed by atoms with Crippen molar-refractivity contribution in [2.75, 3.05) is 13.7 Å².